The molecule has 0 amide bonds. The smallest absolute Gasteiger partial charge is 0.229 e. The lowest BCUT2D eigenvalue weighted by atomic mass is 10.2. The van der Waals surface area contributed by atoms with E-state index < -0.39 is 0 Å². The van der Waals surface area contributed by atoms with Crippen LogP contribution in [-0.4, -0.2) is 24.3 Å². The minimum atomic E-state index is 0.208. The minimum absolute atomic E-state index is 0.208. The maximum absolute atomic E-state index is 5.76. The molecular formula is C15H21N3O3. The van der Waals surface area contributed by atoms with E-state index in [2.05, 4.69) is 15.5 Å². The SMILES string of the molecule is CNCc1ccc(OC)c(OCc2noc(C(C)C)n2)c1. The van der Waals surface area contributed by atoms with Gasteiger partial charge in [-0.1, -0.05) is 25.1 Å². The van der Waals surface area contributed by atoms with Gasteiger partial charge in [-0.15, -0.1) is 0 Å². The Labute approximate surface area is 124 Å². The number of nitrogens with one attached hydrogen (secondary N) is 1. The molecule has 0 aliphatic heterocycles. The Hall–Kier alpha value is -2.08. The van der Waals surface area contributed by atoms with Gasteiger partial charge in [-0.05, 0) is 24.7 Å². The lowest BCUT2D eigenvalue weighted by Gasteiger charge is -2.11. The zero-order chi connectivity index (χ0) is 15.2. The fourth-order valence-electron chi connectivity index (χ4n) is 1.85. The number of ether oxygens (including phenoxy) is 2. The summed E-state index contributed by atoms with van der Waals surface area (Å²) in [6.45, 7) is 5.01. The first-order chi connectivity index (χ1) is 10.1. The average molecular weight is 291 g/mol. The summed E-state index contributed by atoms with van der Waals surface area (Å²) < 4.78 is 16.2. The van der Waals surface area contributed by atoms with E-state index in [4.69, 9.17) is 14.0 Å². The van der Waals surface area contributed by atoms with Gasteiger partial charge in [0.05, 0.1) is 7.11 Å². The molecular weight excluding hydrogens is 270 g/mol. The molecule has 0 spiro atoms. The van der Waals surface area contributed by atoms with Crippen molar-refractivity contribution in [1.82, 2.24) is 15.5 Å². The Morgan fingerprint density at radius 2 is 2.10 bits per heavy atom. The minimum Gasteiger partial charge on any atom is -0.493 e. The van der Waals surface area contributed by atoms with Crippen LogP contribution < -0.4 is 14.8 Å². The van der Waals surface area contributed by atoms with E-state index >= 15 is 0 Å². The monoisotopic (exact) mass is 291 g/mol. The van der Waals surface area contributed by atoms with Gasteiger partial charge in [0.1, 0.15) is 0 Å². The van der Waals surface area contributed by atoms with Gasteiger partial charge < -0.3 is 19.3 Å². The van der Waals surface area contributed by atoms with Crippen molar-refractivity contribution in [2.24, 2.45) is 0 Å². The van der Waals surface area contributed by atoms with Gasteiger partial charge in [-0.25, -0.2) is 0 Å². The van der Waals surface area contributed by atoms with Gasteiger partial charge >= 0.3 is 0 Å². The molecule has 6 nitrogen and oxygen atoms in total. The van der Waals surface area contributed by atoms with Crippen molar-refractivity contribution in [2.75, 3.05) is 14.2 Å². The van der Waals surface area contributed by atoms with Crippen molar-refractivity contribution in [3.63, 3.8) is 0 Å². The van der Waals surface area contributed by atoms with Gasteiger partial charge in [-0.3, -0.25) is 0 Å². The second-order valence-electron chi connectivity index (χ2n) is 5.01. The second-order valence-corrected chi connectivity index (χ2v) is 5.01. The Bertz CT molecular complexity index is 581. The number of rotatable bonds is 7. The third kappa shape index (κ3) is 3.95. The maximum Gasteiger partial charge on any atom is 0.229 e. The normalized spacial score (nSPS) is 10.9. The summed E-state index contributed by atoms with van der Waals surface area (Å²) in [5.41, 5.74) is 1.12. The quantitative estimate of drug-likeness (QED) is 0.845. The topological polar surface area (TPSA) is 69.4 Å². The molecule has 0 saturated heterocycles. The van der Waals surface area contributed by atoms with Crippen molar-refractivity contribution >= 4 is 0 Å². The Kier molecular flexibility index (Phi) is 5.16. The van der Waals surface area contributed by atoms with E-state index in [-0.39, 0.29) is 12.5 Å². The Morgan fingerprint density at radius 1 is 1.29 bits per heavy atom. The van der Waals surface area contributed by atoms with Crippen LogP contribution in [-0.2, 0) is 13.2 Å². The molecule has 1 heterocycles. The van der Waals surface area contributed by atoms with Crippen LogP contribution >= 0.6 is 0 Å². The van der Waals surface area contributed by atoms with Crippen LogP contribution in [0.15, 0.2) is 22.7 Å². The summed E-state index contributed by atoms with van der Waals surface area (Å²) in [6, 6.07) is 5.82. The molecule has 6 heteroatoms. The van der Waals surface area contributed by atoms with Gasteiger partial charge in [0, 0.05) is 12.5 Å². The van der Waals surface area contributed by atoms with Gasteiger partial charge in [-0.2, -0.15) is 4.98 Å². The van der Waals surface area contributed by atoms with Crippen LogP contribution in [0.1, 0.15) is 37.0 Å². The van der Waals surface area contributed by atoms with Crippen LogP contribution in [0.4, 0.5) is 0 Å². The molecule has 0 aliphatic carbocycles. The van der Waals surface area contributed by atoms with E-state index in [9.17, 15) is 0 Å². The highest BCUT2D eigenvalue weighted by Gasteiger charge is 2.12. The molecule has 0 bridgehead atoms. The first-order valence-electron chi connectivity index (χ1n) is 6.90. The molecule has 21 heavy (non-hydrogen) atoms. The van der Waals surface area contributed by atoms with E-state index in [1.807, 2.05) is 39.1 Å². The van der Waals surface area contributed by atoms with E-state index in [1.165, 1.54) is 0 Å². The molecule has 2 aromatic rings. The van der Waals surface area contributed by atoms with Gasteiger partial charge in [0.2, 0.25) is 11.7 Å². The lowest BCUT2D eigenvalue weighted by Crippen LogP contribution is -2.06. The van der Waals surface area contributed by atoms with E-state index in [0.29, 0.717) is 23.2 Å². The number of nitrogens with zero attached hydrogens (tertiary/aromatic N) is 2. The molecule has 0 radical (unpaired) electrons. The van der Waals surface area contributed by atoms with Crippen LogP contribution in [0.3, 0.4) is 0 Å². The largest absolute Gasteiger partial charge is 0.493 e. The molecule has 1 aromatic carbocycles. The predicted octanol–water partition coefficient (Wildman–Crippen LogP) is 2.50. The lowest BCUT2D eigenvalue weighted by molar-refractivity contribution is 0.268. The fourth-order valence-corrected chi connectivity index (χ4v) is 1.85. The van der Waals surface area contributed by atoms with Gasteiger partial charge in [0.15, 0.2) is 18.1 Å². The summed E-state index contributed by atoms with van der Waals surface area (Å²) in [5, 5.41) is 7.00. The summed E-state index contributed by atoms with van der Waals surface area (Å²) in [4.78, 5) is 4.28. The van der Waals surface area contributed by atoms with Crippen LogP contribution in [0.5, 0.6) is 11.5 Å². The number of hydrogen-bond acceptors (Lipinski definition) is 6. The van der Waals surface area contributed by atoms with Crippen LogP contribution in [0.25, 0.3) is 0 Å². The zero-order valence-electron chi connectivity index (χ0n) is 12.8. The summed E-state index contributed by atoms with van der Waals surface area (Å²) >= 11 is 0. The Balaban J connectivity index is 2.08. The first-order valence-corrected chi connectivity index (χ1v) is 6.90. The van der Waals surface area contributed by atoms with Crippen molar-refractivity contribution in [1.29, 1.82) is 0 Å². The molecule has 0 atom stereocenters. The summed E-state index contributed by atoms with van der Waals surface area (Å²) in [7, 11) is 3.52. The molecule has 2 rings (SSSR count). The van der Waals surface area contributed by atoms with Crippen LogP contribution in [0, 0.1) is 0 Å². The molecule has 1 aromatic heterocycles. The van der Waals surface area contributed by atoms with E-state index in [1.54, 1.807) is 7.11 Å². The van der Waals surface area contributed by atoms with Crippen molar-refractivity contribution < 1.29 is 14.0 Å². The van der Waals surface area contributed by atoms with E-state index in [0.717, 1.165) is 12.1 Å². The molecule has 0 saturated carbocycles. The third-order valence-electron chi connectivity index (χ3n) is 2.94. The third-order valence-corrected chi connectivity index (χ3v) is 2.94. The molecule has 0 fully saturated rings. The predicted molar refractivity (Wildman–Crippen MR) is 78.5 cm³/mol. The number of methoxy groups -OCH3 is 1. The zero-order valence-corrected chi connectivity index (χ0v) is 12.8. The van der Waals surface area contributed by atoms with Crippen molar-refractivity contribution in [3.05, 3.63) is 35.5 Å². The maximum atomic E-state index is 5.76. The molecule has 0 unspecified atom stereocenters. The van der Waals surface area contributed by atoms with Gasteiger partial charge in [0.25, 0.3) is 0 Å². The molecule has 1 N–H and O–H groups in total. The summed E-state index contributed by atoms with van der Waals surface area (Å²) in [6.07, 6.45) is 0. The number of benzene rings is 1. The highest BCUT2D eigenvalue weighted by molar-refractivity contribution is 5.42. The average Bonchev–Trinajstić information content (AvgIpc) is 2.95. The molecule has 0 aliphatic rings. The van der Waals surface area contributed by atoms with Crippen molar-refractivity contribution in [3.8, 4) is 11.5 Å². The molecule has 114 valence electrons. The summed E-state index contributed by atoms with van der Waals surface area (Å²) in [5.74, 6) is 2.70. The first kappa shape index (κ1) is 15.3. The highest BCUT2D eigenvalue weighted by atomic mass is 16.5. The fraction of sp³-hybridized carbons (Fsp3) is 0.467. The highest BCUT2D eigenvalue weighted by Crippen LogP contribution is 2.28. The standard InChI is InChI=1S/C15H21N3O3/c1-10(2)15-17-14(18-21-15)9-20-13-7-11(8-16-3)5-6-12(13)19-4/h5-7,10,16H,8-9H2,1-4H3. The Morgan fingerprint density at radius 3 is 2.71 bits per heavy atom. The van der Waals surface area contributed by atoms with Crippen molar-refractivity contribution in [2.45, 2.75) is 32.9 Å². The number of hydrogen-bond donors (Lipinski definition) is 1. The second kappa shape index (κ2) is 7.08. The number of aromatic nitrogens is 2. The van der Waals surface area contributed by atoms with Crippen LogP contribution in [0.2, 0.25) is 0 Å².